The van der Waals surface area contributed by atoms with E-state index in [1.165, 1.54) is 11.8 Å². The second-order valence-corrected chi connectivity index (χ2v) is 8.04. The molecule has 2 N–H and O–H groups in total. The van der Waals surface area contributed by atoms with Gasteiger partial charge in [-0.3, -0.25) is 9.59 Å². The third-order valence-electron chi connectivity index (χ3n) is 4.57. The number of thioether (sulfide) groups is 1. The summed E-state index contributed by atoms with van der Waals surface area (Å²) in [5.74, 6) is 0.883. The van der Waals surface area contributed by atoms with Crippen LogP contribution in [0, 0.1) is 6.92 Å². The second kappa shape index (κ2) is 9.49. The Hall–Kier alpha value is -3.58. The van der Waals surface area contributed by atoms with Crippen molar-refractivity contribution < 1.29 is 9.53 Å². The minimum Gasteiger partial charge on any atom is -0.484 e. The summed E-state index contributed by atoms with van der Waals surface area (Å²) in [5, 5.41) is 2.81. The van der Waals surface area contributed by atoms with Crippen LogP contribution in [-0.4, -0.2) is 22.5 Å². The monoisotopic (exact) mass is 431 g/mol. The molecule has 0 saturated carbocycles. The zero-order valence-corrected chi connectivity index (χ0v) is 17.7. The summed E-state index contributed by atoms with van der Waals surface area (Å²) < 4.78 is 5.49. The summed E-state index contributed by atoms with van der Waals surface area (Å²) in [7, 11) is 0. The molecule has 0 spiro atoms. The van der Waals surface area contributed by atoms with Gasteiger partial charge < -0.3 is 15.0 Å². The minimum atomic E-state index is -0.229. The van der Waals surface area contributed by atoms with Gasteiger partial charge in [-0.1, -0.05) is 29.8 Å². The fourth-order valence-corrected chi connectivity index (χ4v) is 3.76. The van der Waals surface area contributed by atoms with E-state index in [0.29, 0.717) is 22.9 Å². The Morgan fingerprint density at radius 2 is 1.77 bits per heavy atom. The number of H-pyrrole nitrogens is 1. The summed E-state index contributed by atoms with van der Waals surface area (Å²) in [6.45, 7) is 1.94. The SMILES string of the molecule is Cc1ccc(OCC(=O)Nc2ccc(SCc3nc4ccccc4[nH]c3=O)cc2)cc1. The van der Waals surface area contributed by atoms with Gasteiger partial charge in [0, 0.05) is 16.3 Å². The molecule has 0 aliphatic heterocycles. The number of aromatic amines is 1. The number of fused-ring (bicyclic) bond motifs is 1. The molecule has 7 heteroatoms. The average Bonchev–Trinajstić information content (AvgIpc) is 2.78. The number of nitrogens with zero attached hydrogens (tertiary/aromatic N) is 1. The van der Waals surface area contributed by atoms with Crippen LogP contribution in [0.2, 0.25) is 0 Å². The van der Waals surface area contributed by atoms with Crippen LogP contribution in [0.3, 0.4) is 0 Å². The summed E-state index contributed by atoms with van der Waals surface area (Å²) in [6, 6.07) is 22.5. The van der Waals surface area contributed by atoms with Crippen LogP contribution in [-0.2, 0) is 10.5 Å². The van der Waals surface area contributed by atoms with E-state index < -0.39 is 0 Å². The van der Waals surface area contributed by atoms with Crippen molar-refractivity contribution in [2.75, 3.05) is 11.9 Å². The van der Waals surface area contributed by atoms with Crippen molar-refractivity contribution in [1.82, 2.24) is 9.97 Å². The quantitative estimate of drug-likeness (QED) is 0.420. The van der Waals surface area contributed by atoms with Gasteiger partial charge in [-0.05, 0) is 55.5 Å². The molecule has 4 aromatic rings. The van der Waals surface area contributed by atoms with Crippen molar-refractivity contribution in [3.05, 3.63) is 94.4 Å². The smallest absolute Gasteiger partial charge is 0.271 e. The third kappa shape index (κ3) is 5.52. The third-order valence-corrected chi connectivity index (χ3v) is 5.60. The van der Waals surface area contributed by atoms with Gasteiger partial charge in [0.2, 0.25) is 0 Å². The van der Waals surface area contributed by atoms with E-state index in [1.807, 2.05) is 79.7 Å². The number of carbonyl (C=O) groups is 1. The number of nitrogens with one attached hydrogen (secondary N) is 2. The maximum atomic E-state index is 12.2. The molecule has 6 nitrogen and oxygen atoms in total. The van der Waals surface area contributed by atoms with E-state index in [-0.39, 0.29) is 18.1 Å². The van der Waals surface area contributed by atoms with E-state index in [2.05, 4.69) is 15.3 Å². The van der Waals surface area contributed by atoms with Crippen LogP contribution in [0.4, 0.5) is 5.69 Å². The molecule has 0 radical (unpaired) electrons. The first kappa shape index (κ1) is 20.7. The average molecular weight is 432 g/mol. The van der Waals surface area contributed by atoms with Crippen LogP contribution < -0.4 is 15.6 Å². The lowest BCUT2D eigenvalue weighted by molar-refractivity contribution is -0.118. The zero-order chi connectivity index (χ0) is 21.6. The van der Waals surface area contributed by atoms with E-state index in [4.69, 9.17) is 4.74 Å². The second-order valence-electron chi connectivity index (χ2n) is 6.99. The number of aromatic nitrogens is 2. The highest BCUT2D eigenvalue weighted by molar-refractivity contribution is 7.98. The molecule has 3 aromatic carbocycles. The van der Waals surface area contributed by atoms with Crippen molar-refractivity contribution in [3.8, 4) is 5.75 Å². The number of hydrogen-bond donors (Lipinski definition) is 2. The summed E-state index contributed by atoms with van der Waals surface area (Å²) in [4.78, 5) is 32.6. The molecular formula is C24H21N3O3S. The molecule has 156 valence electrons. The standard InChI is InChI=1S/C24H21N3O3S/c1-16-6-10-18(11-7-16)30-14-23(28)25-17-8-12-19(13-9-17)31-15-22-24(29)27-21-5-3-2-4-20(21)26-22/h2-13H,14-15H2,1H3,(H,25,28)(H,27,29). The van der Waals surface area contributed by atoms with Gasteiger partial charge in [-0.25, -0.2) is 4.98 Å². The first-order valence-corrected chi connectivity index (χ1v) is 10.8. The van der Waals surface area contributed by atoms with Crippen LogP contribution in [0.15, 0.2) is 82.5 Å². The Kier molecular flexibility index (Phi) is 6.33. The zero-order valence-electron chi connectivity index (χ0n) is 16.9. The minimum absolute atomic E-state index is 0.0596. The van der Waals surface area contributed by atoms with Gasteiger partial charge >= 0.3 is 0 Å². The first-order chi connectivity index (χ1) is 15.1. The number of benzene rings is 3. The van der Waals surface area contributed by atoms with Gasteiger partial charge in [0.1, 0.15) is 11.4 Å². The Morgan fingerprint density at radius 1 is 1.03 bits per heavy atom. The van der Waals surface area contributed by atoms with E-state index in [9.17, 15) is 9.59 Å². The normalized spacial score (nSPS) is 10.7. The highest BCUT2D eigenvalue weighted by atomic mass is 32.2. The first-order valence-electron chi connectivity index (χ1n) is 9.77. The van der Waals surface area contributed by atoms with E-state index in [1.54, 1.807) is 0 Å². The lowest BCUT2D eigenvalue weighted by Gasteiger charge is -2.08. The number of rotatable bonds is 7. The molecule has 4 rings (SSSR count). The van der Waals surface area contributed by atoms with Crippen LogP contribution in [0.1, 0.15) is 11.3 Å². The largest absolute Gasteiger partial charge is 0.484 e. The molecule has 1 amide bonds. The van der Waals surface area contributed by atoms with Gasteiger partial charge in [0.15, 0.2) is 6.61 Å². The molecule has 0 aliphatic rings. The molecule has 0 unspecified atom stereocenters. The molecular weight excluding hydrogens is 410 g/mol. The number of hydrogen-bond acceptors (Lipinski definition) is 5. The number of ether oxygens (including phenoxy) is 1. The number of aryl methyl sites for hydroxylation is 1. The highest BCUT2D eigenvalue weighted by Crippen LogP contribution is 2.23. The Bertz CT molecular complexity index is 1250. The van der Waals surface area contributed by atoms with Crippen LogP contribution in [0.5, 0.6) is 5.75 Å². The van der Waals surface area contributed by atoms with Crippen LogP contribution >= 0.6 is 11.8 Å². The molecule has 0 aliphatic carbocycles. The lowest BCUT2D eigenvalue weighted by Crippen LogP contribution is -2.20. The fraction of sp³-hybridized carbons (Fsp3) is 0.125. The molecule has 31 heavy (non-hydrogen) atoms. The topological polar surface area (TPSA) is 84.1 Å². The van der Waals surface area contributed by atoms with Crippen molar-refractivity contribution in [1.29, 1.82) is 0 Å². The molecule has 1 aromatic heterocycles. The Morgan fingerprint density at radius 3 is 2.55 bits per heavy atom. The van der Waals surface area contributed by atoms with Crippen LogP contribution in [0.25, 0.3) is 11.0 Å². The van der Waals surface area contributed by atoms with Crippen molar-refractivity contribution >= 4 is 34.4 Å². The summed E-state index contributed by atoms with van der Waals surface area (Å²) in [5.41, 5.74) is 3.62. The lowest BCUT2D eigenvalue weighted by atomic mass is 10.2. The maximum Gasteiger partial charge on any atom is 0.271 e. The highest BCUT2D eigenvalue weighted by Gasteiger charge is 2.07. The van der Waals surface area contributed by atoms with Gasteiger partial charge in [-0.15, -0.1) is 11.8 Å². The molecule has 1 heterocycles. The molecule has 0 atom stereocenters. The van der Waals surface area contributed by atoms with Gasteiger partial charge in [-0.2, -0.15) is 0 Å². The van der Waals surface area contributed by atoms with Crippen molar-refractivity contribution in [2.24, 2.45) is 0 Å². The molecule has 0 saturated heterocycles. The number of carbonyl (C=O) groups excluding carboxylic acids is 1. The summed E-state index contributed by atoms with van der Waals surface area (Å²) in [6.07, 6.45) is 0. The van der Waals surface area contributed by atoms with E-state index >= 15 is 0 Å². The maximum absolute atomic E-state index is 12.2. The van der Waals surface area contributed by atoms with Gasteiger partial charge in [0.05, 0.1) is 11.0 Å². The van der Waals surface area contributed by atoms with Crippen molar-refractivity contribution in [3.63, 3.8) is 0 Å². The number of anilines is 1. The van der Waals surface area contributed by atoms with E-state index in [0.717, 1.165) is 21.5 Å². The molecule has 0 bridgehead atoms. The Balaban J connectivity index is 1.31. The summed E-state index contributed by atoms with van der Waals surface area (Å²) >= 11 is 1.51. The van der Waals surface area contributed by atoms with Gasteiger partial charge in [0.25, 0.3) is 11.5 Å². The predicted octanol–water partition coefficient (Wildman–Crippen LogP) is 4.54. The fourth-order valence-electron chi connectivity index (χ4n) is 2.93. The number of amides is 1. The van der Waals surface area contributed by atoms with Crippen molar-refractivity contribution in [2.45, 2.75) is 17.6 Å². The predicted molar refractivity (Wildman–Crippen MR) is 124 cm³/mol. The molecule has 0 fully saturated rings. The number of para-hydroxylation sites is 2. The Labute approximate surface area is 183 Å².